The predicted molar refractivity (Wildman–Crippen MR) is 98.4 cm³/mol. The van der Waals surface area contributed by atoms with Gasteiger partial charge in [-0.2, -0.15) is 0 Å². The first-order chi connectivity index (χ1) is 11.8. The minimum Gasteiger partial charge on any atom is -0.494 e. The summed E-state index contributed by atoms with van der Waals surface area (Å²) in [7, 11) is -1.43. The zero-order chi connectivity index (χ0) is 18.4. The molecular weight excluding hydrogens is 338 g/mol. The number of hydrogen-bond donors (Lipinski definition) is 0. The summed E-state index contributed by atoms with van der Waals surface area (Å²) in [6.07, 6.45) is 1.18. The van der Waals surface area contributed by atoms with Crippen molar-refractivity contribution < 1.29 is 17.9 Å². The third kappa shape index (κ3) is 5.60. The first-order valence-electron chi connectivity index (χ1n) is 8.03. The number of para-hydroxylation sites is 1. The molecule has 0 aliphatic rings. The SMILES string of the molecule is CCOc1ccccc1CN(C)C(=O)c1cccc(CS(C)(=O)=O)c1. The van der Waals surface area contributed by atoms with E-state index in [2.05, 4.69) is 0 Å². The summed E-state index contributed by atoms with van der Waals surface area (Å²) in [4.78, 5) is 14.3. The first kappa shape index (κ1) is 19.0. The minimum absolute atomic E-state index is 0.0784. The number of benzene rings is 2. The van der Waals surface area contributed by atoms with Gasteiger partial charge in [-0.25, -0.2) is 8.42 Å². The standard InChI is InChI=1S/C19H23NO4S/c1-4-24-18-11-6-5-9-17(18)13-20(2)19(21)16-10-7-8-15(12-16)14-25(3,22)23/h5-12H,4,13-14H2,1-3H3. The molecule has 25 heavy (non-hydrogen) atoms. The summed E-state index contributed by atoms with van der Waals surface area (Å²) in [5.41, 5.74) is 2.00. The van der Waals surface area contributed by atoms with E-state index in [-0.39, 0.29) is 11.7 Å². The van der Waals surface area contributed by atoms with E-state index in [0.29, 0.717) is 24.3 Å². The minimum atomic E-state index is -3.14. The van der Waals surface area contributed by atoms with Crippen molar-refractivity contribution in [3.05, 3.63) is 65.2 Å². The molecular formula is C19H23NO4S. The maximum Gasteiger partial charge on any atom is 0.253 e. The highest BCUT2D eigenvalue weighted by atomic mass is 32.2. The second-order valence-corrected chi connectivity index (χ2v) is 8.11. The molecule has 0 aromatic heterocycles. The molecule has 2 aromatic rings. The molecule has 2 rings (SSSR count). The maximum absolute atomic E-state index is 12.7. The van der Waals surface area contributed by atoms with Crippen molar-refractivity contribution >= 4 is 15.7 Å². The van der Waals surface area contributed by atoms with Gasteiger partial charge in [-0.05, 0) is 30.7 Å². The van der Waals surface area contributed by atoms with Gasteiger partial charge in [0.05, 0.1) is 12.4 Å². The highest BCUT2D eigenvalue weighted by molar-refractivity contribution is 7.89. The molecule has 0 saturated heterocycles. The van der Waals surface area contributed by atoms with Crippen molar-refractivity contribution in [1.82, 2.24) is 4.90 Å². The van der Waals surface area contributed by atoms with Gasteiger partial charge in [-0.15, -0.1) is 0 Å². The molecule has 0 spiro atoms. The monoisotopic (exact) mass is 361 g/mol. The maximum atomic E-state index is 12.7. The van der Waals surface area contributed by atoms with Crippen LogP contribution >= 0.6 is 0 Å². The Balaban J connectivity index is 2.16. The summed E-state index contributed by atoms with van der Waals surface area (Å²) in [6, 6.07) is 14.3. The zero-order valence-electron chi connectivity index (χ0n) is 14.7. The van der Waals surface area contributed by atoms with E-state index < -0.39 is 9.84 Å². The Morgan fingerprint density at radius 3 is 2.52 bits per heavy atom. The Kier molecular flexibility index (Phi) is 6.20. The molecule has 0 aliphatic heterocycles. The molecule has 0 atom stereocenters. The number of ether oxygens (including phenoxy) is 1. The van der Waals surface area contributed by atoms with Gasteiger partial charge in [0.25, 0.3) is 5.91 Å². The van der Waals surface area contributed by atoms with Crippen LogP contribution < -0.4 is 4.74 Å². The van der Waals surface area contributed by atoms with E-state index in [0.717, 1.165) is 11.3 Å². The third-order valence-electron chi connectivity index (χ3n) is 3.63. The van der Waals surface area contributed by atoms with Crippen LogP contribution in [0.1, 0.15) is 28.4 Å². The highest BCUT2D eigenvalue weighted by Crippen LogP contribution is 2.20. The number of hydrogen-bond acceptors (Lipinski definition) is 4. The molecule has 134 valence electrons. The topological polar surface area (TPSA) is 63.7 Å². The molecule has 0 bridgehead atoms. The lowest BCUT2D eigenvalue weighted by Gasteiger charge is -2.19. The van der Waals surface area contributed by atoms with Crippen LogP contribution in [0.3, 0.4) is 0 Å². The lowest BCUT2D eigenvalue weighted by atomic mass is 10.1. The molecule has 5 nitrogen and oxygen atoms in total. The van der Waals surface area contributed by atoms with Gasteiger partial charge in [0.2, 0.25) is 0 Å². The van der Waals surface area contributed by atoms with Crippen molar-refractivity contribution in [1.29, 1.82) is 0 Å². The van der Waals surface area contributed by atoms with E-state index in [1.165, 1.54) is 6.26 Å². The van der Waals surface area contributed by atoms with Crippen LogP contribution in [0, 0.1) is 0 Å². The van der Waals surface area contributed by atoms with Gasteiger partial charge in [-0.3, -0.25) is 4.79 Å². The fraction of sp³-hybridized carbons (Fsp3) is 0.316. The van der Waals surface area contributed by atoms with Gasteiger partial charge in [0.15, 0.2) is 9.84 Å². The number of nitrogens with zero attached hydrogens (tertiary/aromatic N) is 1. The molecule has 0 fully saturated rings. The average Bonchev–Trinajstić information content (AvgIpc) is 2.55. The smallest absolute Gasteiger partial charge is 0.253 e. The lowest BCUT2D eigenvalue weighted by Crippen LogP contribution is -2.26. The Morgan fingerprint density at radius 1 is 1.12 bits per heavy atom. The number of carbonyl (C=O) groups excluding carboxylic acids is 1. The van der Waals surface area contributed by atoms with Crippen molar-refractivity contribution in [2.24, 2.45) is 0 Å². The van der Waals surface area contributed by atoms with Gasteiger partial charge in [0.1, 0.15) is 5.75 Å². The summed E-state index contributed by atoms with van der Waals surface area (Å²) in [5, 5.41) is 0. The lowest BCUT2D eigenvalue weighted by molar-refractivity contribution is 0.0784. The van der Waals surface area contributed by atoms with Crippen molar-refractivity contribution in [2.45, 2.75) is 19.2 Å². The Bertz CT molecular complexity index is 846. The number of rotatable bonds is 7. The van der Waals surface area contributed by atoms with Gasteiger partial charge in [0, 0.05) is 31.0 Å². The predicted octanol–water partition coefficient (Wildman–Crippen LogP) is 2.90. The van der Waals surface area contributed by atoms with E-state index in [1.807, 2.05) is 31.2 Å². The van der Waals surface area contributed by atoms with Crippen molar-refractivity contribution in [3.63, 3.8) is 0 Å². The molecule has 0 unspecified atom stereocenters. The van der Waals surface area contributed by atoms with Crippen molar-refractivity contribution in [3.8, 4) is 5.75 Å². The van der Waals surface area contributed by atoms with Crippen LogP contribution in [0.5, 0.6) is 5.75 Å². The van der Waals surface area contributed by atoms with Crippen LogP contribution in [-0.2, 0) is 22.1 Å². The molecule has 0 radical (unpaired) electrons. The second kappa shape index (κ2) is 8.16. The average molecular weight is 361 g/mol. The van der Waals surface area contributed by atoms with Crippen LogP contribution in [0.15, 0.2) is 48.5 Å². The number of carbonyl (C=O) groups is 1. The highest BCUT2D eigenvalue weighted by Gasteiger charge is 2.15. The van der Waals surface area contributed by atoms with Gasteiger partial charge in [-0.1, -0.05) is 30.3 Å². The van der Waals surface area contributed by atoms with Crippen molar-refractivity contribution in [2.75, 3.05) is 19.9 Å². The summed E-state index contributed by atoms with van der Waals surface area (Å²) in [6.45, 7) is 2.88. The molecule has 0 N–H and O–H groups in total. The van der Waals surface area contributed by atoms with E-state index in [4.69, 9.17) is 4.74 Å². The molecule has 6 heteroatoms. The molecule has 0 saturated carbocycles. The van der Waals surface area contributed by atoms with E-state index >= 15 is 0 Å². The fourth-order valence-corrected chi connectivity index (χ4v) is 3.36. The zero-order valence-corrected chi connectivity index (χ0v) is 15.5. The summed E-state index contributed by atoms with van der Waals surface area (Å²) >= 11 is 0. The second-order valence-electron chi connectivity index (χ2n) is 5.97. The molecule has 0 heterocycles. The number of amides is 1. The largest absolute Gasteiger partial charge is 0.494 e. The molecule has 1 amide bonds. The van der Waals surface area contributed by atoms with Gasteiger partial charge >= 0.3 is 0 Å². The van der Waals surface area contributed by atoms with Crippen LogP contribution in [0.4, 0.5) is 0 Å². The first-order valence-corrected chi connectivity index (χ1v) is 10.1. The molecule has 2 aromatic carbocycles. The third-order valence-corrected chi connectivity index (χ3v) is 4.49. The Labute approximate surface area is 149 Å². The fourth-order valence-electron chi connectivity index (χ4n) is 2.58. The van der Waals surface area contributed by atoms with E-state index in [1.54, 1.807) is 36.2 Å². The summed E-state index contributed by atoms with van der Waals surface area (Å²) in [5.74, 6) is 0.516. The molecule has 0 aliphatic carbocycles. The number of sulfone groups is 1. The normalized spacial score (nSPS) is 11.2. The van der Waals surface area contributed by atoms with Crippen LogP contribution in [0.25, 0.3) is 0 Å². The quantitative estimate of drug-likeness (QED) is 0.761. The Morgan fingerprint density at radius 2 is 1.84 bits per heavy atom. The van der Waals surface area contributed by atoms with Crippen LogP contribution in [0.2, 0.25) is 0 Å². The van der Waals surface area contributed by atoms with Gasteiger partial charge < -0.3 is 9.64 Å². The van der Waals surface area contributed by atoms with E-state index in [9.17, 15) is 13.2 Å². The Hall–Kier alpha value is -2.34. The summed E-state index contributed by atoms with van der Waals surface area (Å²) < 4.78 is 28.5. The van der Waals surface area contributed by atoms with Crippen LogP contribution in [-0.4, -0.2) is 39.1 Å².